The van der Waals surface area contributed by atoms with Crippen LogP contribution in [-0.2, 0) is 4.79 Å². The number of amides is 2. The highest BCUT2D eigenvalue weighted by atomic mass is 19.1. The van der Waals surface area contributed by atoms with Crippen molar-refractivity contribution in [3.8, 4) is 0 Å². The zero-order valence-corrected chi connectivity index (χ0v) is 18.6. The van der Waals surface area contributed by atoms with Crippen LogP contribution in [0.25, 0.3) is 10.9 Å². The van der Waals surface area contributed by atoms with Crippen molar-refractivity contribution in [3.63, 3.8) is 0 Å². The van der Waals surface area contributed by atoms with Gasteiger partial charge in [0.1, 0.15) is 17.6 Å². The second-order valence-corrected chi connectivity index (χ2v) is 8.41. The molecule has 2 heterocycles. The average molecular weight is 457 g/mol. The first kappa shape index (κ1) is 21.9. The zero-order valence-electron chi connectivity index (χ0n) is 18.6. The van der Waals surface area contributed by atoms with Crippen LogP contribution in [-0.4, -0.2) is 52.8 Å². The number of fused-ring (bicyclic) bond motifs is 1. The average Bonchev–Trinajstić information content (AvgIpc) is 3.31. The number of hydrogen-bond donors (Lipinski definition) is 2. The number of benzene rings is 3. The number of carbonyl (C=O) groups is 2. The summed E-state index contributed by atoms with van der Waals surface area (Å²) in [5, 5.41) is 3.91. The minimum absolute atomic E-state index is 0.0390. The third kappa shape index (κ3) is 4.56. The Morgan fingerprint density at radius 2 is 1.53 bits per heavy atom. The molecular formula is C27H25FN4O2. The van der Waals surface area contributed by atoms with Crippen LogP contribution in [0.15, 0.2) is 84.9 Å². The molecule has 4 aromatic rings. The maximum atomic E-state index is 13.3. The summed E-state index contributed by atoms with van der Waals surface area (Å²) in [4.78, 5) is 33.5. The summed E-state index contributed by atoms with van der Waals surface area (Å²) in [6.07, 6.45) is 0. The molecule has 1 aromatic heterocycles. The summed E-state index contributed by atoms with van der Waals surface area (Å²) in [6, 6.07) is 24.5. The van der Waals surface area contributed by atoms with Crippen LogP contribution >= 0.6 is 0 Å². The fourth-order valence-corrected chi connectivity index (χ4v) is 4.45. The third-order valence-corrected chi connectivity index (χ3v) is 6.20. The Morgan fingerprint density at radius 3 is 2.24 bits per heavy atom. The summed E-state index contributed by atoms with van der Waals surface area (Å²) < 4.78 is 13.3. The Hall–Kier alpha value is -3.97. The van der Waals surface area contributed by atoms with Gasteiger partial charge in [0, 0.05) is 42.8 Å². The molecule has 1 saturated heterocycles. The van der Waals surface area contributed by atoms with E-state index in [0.29, 0.717) is 37.6 Å². The van der Waals surface area contributed by atoms with Crippen molar-refractivity contribution in [2.45, 2.75) is 6.04 Å². The van der Waals surface area contributed by atoms with Crippen LogP contribution in [0, 0.1) is 5.82 Å². The zero-order chi connectivity index (χ0) is 23.5. The minimum Gasteiger partial charge on any atom is -0.351 e. The number of nitrogens with one attached hydrogen (secondary N) is 2. The molecule has 34 heavy (non-hydrogen) atoms. The molecule has 7 heteroatoms. The first-order valence-electron chi connectivity index (χ1n) is 11.3. The van der Waals surface area contributed by atoms with Crippen molar-refractivity contribution in [3.05, 3.63) is 102 Å². The van der Waals surface area contributed by atoms with Crippen molar-refractivity contribution in [2.24, 2.45) is 0 Å². The number of anilines is 1. The van der Waals surface area contributed by atoms with E-state index in [1.54, 1.807) is 12.1 Å². The maximum absolute atomic E-state index is 13.3. The van der Waals surface area contributed by atoms with Gasteiger partial charge in [-0.05, 0) is 42.0 Å². The second kappa shape index (κ2) is 9.49. The van der Waals surface area contributed by atoms with Gasteiger partial charge in [-0.2, -0.15) is 0 Å². The van der Waals surface area contributed by atoms with E-state index >= 15 is 0 Å². The van der Waals surface area contributed by atoms with Crippen molar-refractivity contribution in [2.75, 3.05) is 31.5 Å². The predicted molar refractivity (Wildman–Crippen MR) is 130 cm³/mol. The third-order valence-electron chi connectivity index (χ3n) is 6.20. The molecule has 1 atom stereocenters. The smallest absolute Gasteiger partial charge is 0.270 e. The van der Waals surface area contributed by atoms with E-state index in [9.17, 15) is 14.0 Å². The standard InChI is InChI=1S/C27H25FN4O2/c28-21-10-12-22(13-11-21)29-26(33)25(19-6-2-1-3-7-19)31-14-16-32(17-15-31)27(34)24-18-20-8-4-5-9-23(20)30-24/h1-13,18,25,30H,14-17H2,(H,29,33). The van der Waals surface area contributed by atoms with E-state index in [1.165, 1.54) is 12.1 Å². The lowest BCUT2D eigenvalue weighted by molar-refractivity contribution is -0.122. The molecule has 0 saturated carbocycles. The number of piperazine rings is 1. The number of H-pyrrole nitrogens is 1. The van der Waals surface area contributed by atoms with Gasteiger partial charge in [0.25, 0.3) is 5.91 Å². The van der Waals surface area contributed by atoms with Crippen LogP contribution in [0.3, 0.4) is 0 Å². The molecule has 1 unspecified atom stereocenters. The molecule has 1 aliphatic rings. The number of para-hydroxylation sites is 1. The highest BCUT2D eigenvalue weighted by molar-refractivity contribution is 5.98. The lowest BCUT2D eigenvalue weighted by Gasteiger charge is -2.38. The van der Waals surface area contributed by atoms with Crippen LogP contribution in [0.2, 0.25) is 0 Å². The number of carbonyl (C=O) groups excluding carboxylic acids is 2. The lowest BCUT2D eigenvalue weighted by Crippen LogP contribution is -2.51. The molecule has 2 N–H and O–H groups in total. The van der Waals surface area contributed by atoms with Gasteiger partial charge < -0.3 is 15.2 Å². The highest BCUT2D eigenvalue weighted by Crippen LogP contribution is 2.25. The van der Waals surface area contributed by atoms with Crippen LogP contribution in [0.1, 0.15) is 22.1 Å². The quantitative estimate of drug-likeness (QED) is 0.466. The number of halogens is 1. The summed E-state index contributed by atoms with van der Waals surface area (Å²) in [6.45, 7) is 2.15. The van der Waals surface area contributed by atoms with Gasteiger partial charge in [-0.15, -0.1) is 0 Å². The number of aromatic nitrogens is 1. The molecule has 1 aliphatic heterocycles. The Bertz CT molecular complexity index is 1260. The number of hydrogen-bond acceptors (Lipinski definition) is 3. The van der Waals surface area contributed by atoms with E-state index in [1.807, 2.05) is 65.6 Å². The van der Waals surface area contributed by atoms with Gasteiger partial charge in [-0.25, -0.2) is 4.39 Å². The molecule has 1 fully saturated rings. The summed E-state index contributed by atoms with van der Waals surface area (Å²) in [5.41, 5.74) is 2.92. The van der Waals surface area contributed by atoms with Crippen LogP contribution in [0.5, 0.6) is 0 Å². The monoisotopic (exact) mass is 456 g/mol. The fourth-order valence-electron chi connectivity index (χ4n) is 4.45. The molecule has 172 valence electrons. The van der Waals surface area contributed by atoms with Gasteiger partial charge in [0.15, 0.2) is 0 Å². The Kier molecular flexibility index (Phi) is 6.10. The lowest BCUT2D eigenvalue weighted by atomic mass is 10.0. The Labute approximate surface area is 197 Å². The van der Waals surface area contributed by atoms with E-state index < -0.39 is 6.04 Å². The largest absolute Gasteiger partial charge is 0.351 e. The molecule has 2 amide bonds. The van der Waals surface area contributed by atoms with Crippen molar-refractivity contribution >= 4 is 28.4 Å². The highest BCUT2D eigenvalue weighted by Gasteiger charge is 2.32. The second-order valence-electron chi connectivity index (χ2n) is 8.41. The van der Waals surface area contributed by atoms with Crippen molar-refractivity contribution in [1.82, 2.24) is 14.8 Å². The van der Waals surface area contributed by atoms with Gasteiger partial charge >= 0.3 is 0 Å². The van der Waals surface area contributed by atoms with Crippen molar-refractivity contribution in [1.29, 1.82) is 0 Å². The SMILES string of the molecule is O=C(Nc1ccc(F)cc1)C(c1ccccc1)N1CCN(C(=O)c2cc3ccccc3[nH]2)CC1. The predicted octanol–water partition coefficient (Wildman–Crippen LogP) is 4.44. The fraction of sp³-hybridized carbons (Fsp3) is 0.185. The molecular weight excluding hydrogens is 431 g/mol. The van der Waals surface area contributed by atoms with E-state index in [4.69, 9.17) is 0 Å². The summed E-state index contributed by atoms with van der Waals surface area (Å²) >= 11 is 0. The topological polar surface area (TPSA) is 68.4 Å². The molecule has 5 rings (SSSR count). The molecule has 0 bridgehead atoms. The maximum Gasteiger partial charge on any atom is 0.270 e. The molecule has 0 spiro atoms. The Balaban J connectivity index is 1.30. The number of nitrogens with zero attached hydrogens (tertiary/aromatic N) is 2. The Morgan fingerprint density at radius 1 is 0.853 bits per heavy atom. The molecule has 0 radical (unpaired) electrons. The number of aromatic amines is 1. The van der Waals surface area contributed by atoms with Gasteiger partial charge in [-0.3, -0.25) is 14.5 Å². The van der Waals surface area contributed by atoms with E-state index in [2.05, 4.69) is 15.2 Å². The number of rotatable bonds is 5. The first-order valence-corrected chi connectivity index (χ1v) is 11.3. The minimum atomic E-state index is -0.517. The first-order chi connectivity index (χ1) is 16.6. The van der Waals surface area contributed by atoms with Gasteiger partial charge in [0.05, 0.1) is 0 Å². The van der Waals surface area contributed by atoms with Gasteiger partial charge in [0.2, 0.25) is 5.91 Å². The van der Waals surface area contributed by atoms with Crippen LogP contribution in [0.4, 0.5) is 10.1 Å². The normalized spacial score (nSPS) is 15.3. The van der Waals surface area contributed by atoms with E-state index in [0.717, 1.165) is 16.5 Å². The molecule has 6 nitrogen and oxygen atoms in total. The molecule has 3 aromatic carbocycles. The van der Waals surface area contributed by atoms with E-state index in [-0.39, 0.29) is 17.6 Å². The summed E-state index contributed by atoms with van der Waals surface area (Å²) in [5.74, 6) is -0.579. The van der Waals surface area contributed by atoms with Crippen LogP contribution < -0.4 is 5.32 Å². The van der Waals surface area contributed by atoms with Crippen molar-refractivity contribution < 1.29 is 14.0 Å². The summed E-state index contributed by atoms with van der Waals surface area (Å²) in [7, 11) is 0. The molecule has 0 aliphatic carbocycles. The van der Waals surface area contributed by atoms with Gasteiger partial charge in [-0.1, -0.05) is 48.5 Å².